The molecule has 0 bridgehead atoms. The molecule has 0 aromatic carbocycles. The molecule has 0 unspecified atom stereocenters. The fourth-order valence-electron chi connectivity index (χ4n) is 1.63. The Labute approximate surface area is 71.4 Å². The Bertz CT molecular complexity index is 211. The van der Waals surface area contributed by atoms with E-state index in [0.29, 0.717) is 0 Å². The van der Waals surface area contributed by atoms with Gasteiger partial charge in [-0.15, -0.1) is 0 Å². The first-order valence-electron chi connectivity index (χ1n) is 4.09. The van der Waals surface area contributed by atoms with E-state index in [9.17, 15) is 0 Å². The van der Waals surface area contributed by atoms with Crippen LogP contribution in [0.4, 0.5) is 0 Å². The van der Waals surface area contributed by atoms with Crippen molar-refractivity contribution in [3.63, 3.8) is 0 Å². The number of nitrogens with one attached hydrogen (secondary N) is 1. The molecular formula is C9H13NS. The summed E-state index contributed by atoms with van der Waals surface area (Å²) in [5, 5.41) is 7.74. The molecule has 0 aliphatic heterocycles. The van der Waals surface area contributed by atoms with Crippen LogP contribution in [0.2, 0.25) is 0 Å². The minimum atomic E-state index is 0.778. The molecule has 0 amide bonds. The van der Waals surface area contributed by atoms with Gasteiger partial charge in [0.25, 0.3) is 0 Å². The van der Waals surface area contributed by atoms with Crippen molar-refractivity contribution in [3.05, 3.63) is 22.4 Å². The molecule has 1 heterocycles. The monoisotopic (exact) mass is 167 g/mol. The average molecular weight is 167 g/mol. The molecule has 1 N–H and O–H groups in total. The summed E-state index contributed by atoms with van der Waals surface area (Å²) < 4.78 is 0. The second-order valence-electron chi connectivity index (χ2n) is 3.21. The molecule has 0 radical (unpaired) electrons. The van der Waals surface area contributed by atoms with Gasteiger partial charge in [0.1, 0.15) is 0 Å². The standard InChI is InChI=1S/C9H13NS/c1-10-9-4-8(5-9)7-2-3-11-6-7/h2-3,6,8-10H,4-5H2,1H3. The quantitative estimate of drug-likeness (QED) is 0.712. The van der Waals surface area contributed by atoms with Gasteiger partial charge in [-0.05, 0) is 48.2 Å². The zero-order chi connectivity index (χ0) is 7.68. The molecule has 1 aromatic heterocycles. The lowest BCUT2D eigenvalue weighted by Gasteiger charge is -2.34. The maximum atomic E-state index is 3.30. The van der Waals surface area contributed by atoms with Gasteiger partial charge in [-0.3, -0.25) is 0 Å². The van der Waals surface area contributed by atoms with Gasteiger partial charge < -0.3 is 5.32 Å². The Morgan fingerprint density at radius 3 is 2.91 bits per heavy atom. The Kier molecular flexibility index (Phi) is 1.96. The summed E-state index contributed by atoms with van der Waals surface area (Å²) in [6.07, 6.45) is 2.65. The second-order valence-corrected chi connectivity index (χ2v) is 3.99. The molecule has 1 saturated carbocycles. The number of thiophene rings is 1. The molecule has 1 aliphatic carbocycles. The third-order valence-corrected chi connectivity index (χ3v) is 3.26. The van der Waals surface area contributed by atoms with E-state index in [1.165, 1.54) is 12.8 Å². The third-order valence-electron chi connectivity index (χ3n) is 2.56. The lowest BCUT2D eigenvalue weighted by atomic mass is 9.77. The predicted octanol–water partition coefficient (Wildman–Crippen LogP) is 2.21. The van der Waals surface area contributed by atoms with E-state index in [-0.39, 0.29) is 0 Å². The molecule has 1 fully saturated rings. The third kappa shape index (κ3) is 1.33. The Morgan fingerprint density at radius 1 is 1.55 bits per heavy atom. The van der Waals surface area contributed by atoms with Gasteiger partial charge in [0.2, 0.25) is 0 Å². The molecule has 0 spiro atoms. The zero-order valence-electron chi connectivity index (χ0n) is 6.71. The fraction of sp³-hybridized carbons (Fsp3) is 0.556. The Morgan fingerprint density at radius 2 is 2.36 bits per heavy atom. The highest BCUT2D eigenvalue weighted by atomic mass is 32.1. The lowest BCUT2D eigenvalue weighted by Crippen LogP contribution is -2.37. The van der Waals surface area contributed by atoms with Crippen molar-refractivity contribution in [3.8, 4) is 0 Å². The summed E-state index contributed by atoms with van der Waals surface area (Å²) in [6.45, 7) is 0. The number of hydrogen-bond acceptors (Lipinski definition) is 2. The highest BCUT2D eigenvalue weighted by Gasteiger charge is 2.28. The molecule has 1 aliphatic rings. The van der Waals surface area contributed by atoms with Gasteiger partial charge in [-0.2, -0.15) is 11.3 Å². The van der Waals surface area contributed by atoms with Crippen molar-refractivity contribution in [1.29, 1.82) is 0 Å². The van der Waals surface area contributed by atoms with E-state index in [2.05, 4.69) is 29.2 Å². The van der Waals surface area contributed by atoms with Crippen LogP contribution in [0.1, 0.15) is 24.3 Å². The molecule has 0 atom stereocenters. The smallest absolute Gasteiger partial charge is 0.00757 e. The van der Waals surface area contributed by atoms with Crippen molar-refractivity contribution in [2.45, 2.75) is 24.8 Å². The highest BCUT2D eigenvalue weighted by molar-refractivity contribution is 7.07. The van der Waals surface area contributed by atoms with Crippen molar-refractivity contribution in [1.82, 2.24) is 5.32 Å². The summed E-state index contributed by atoms with van der Waals surface area (Å²) in [5.74, 6) is 0.846. The van der Waals surface area contributed by atoms with E-state index >= 15 is 0 Å². The van der Waals surface area contributed by atoms with Gasteiger partial charge in [0, 0.05) is 6.04 Å². The number of hydrogen-bond donors (Lipinski definition) is 1. The van der Waals surface area contributed by atoms with Crippen molar-refractivity contribution < 1.29 is 0 Å². The van der Waals surface area contributed by atoms with Crippen molar-refractivity contribution >= 4 is 11.3 Å². The topological polar surface area (TPSA) is 12.0 Å². The van der Waals surface area contributed by atoms with E-state index in [1.54, 1.807) is 16.9 Å². The van der Waals surface area contributed by atoms with E-state index in [0.717, 1.165) is 12.0 Å². The Balaban J connectivity index is 1.92. The van der Waals surface area contributed by atoms with Crippen LogP contribution in [0.3, 0.4) is 0 Å². The lowest BCUT2D eigenvalue weighted by molar-refractivity contribution is 0.308. The van der Waals surface area contributed by atoms with E-state index in [4.69, 9.17) is 0 Å². The van der Waals surface area contributed by atoms with Crippen molar-refractivity contribution in [2.24, 2.45) is 0 Å². The van der Waals surface area contributed by atoms with Gasteiger partial charge in [0.15, 0.2) is 0 Å². The van der Waals surface area contributed by atoms with Crippen LogP contribution in [0, 0.1) is 0 Å². The highest BCUT2D eigenvalue weighted by Crippen LogP contribution is 2.37. The van der Waals surface area contributed by atoms with Crippen molar-refractivity contribution in [2.75, 3.05) is 7.05 Å². The first-order chi connectivity index (χ1) is 5.40. The van der Waals surface area contributed by atoms with E-state index < -0.39 is 0 Å². The first-order valence-corrected chi connectivity index (χ1v) is 5.04. The minimum absolute atomic E-state index is 0.778. The predicted molar refractivity (Wildman–Crippen MR) is 49.1 cm³/mol. The minimum Gasteiger partial charge on any atom is -0.317 e. The first kappa shape index (κ1) is 7.32. The fourth-order valence-corrected chi connectivity index (χ4v) is 2.38. The molecule has 0 saturated heterocycles. The SMILES string of the molecule is CNC1CC(c2ccsc2)C1. The molecule has 1 nitrogen and oxygen atoms in total. The normalized spacial score (nSPS) is 29.9. The van der Waals surface area contributed by atoms with Gasteiger partial charge in [0.05, 0.1) is 0 Å². The van der Waals surface area contributed by atoms with Crippen LogP contribution in [0.25, 0.3) is 0 Å². The maximum absolute atomic E-state index is 3.30. The second kappa shape index (κ2) is 2.95. The molecule has 1 aromatic rings. The summed E-state index contributed by atoms with van der Waals surface area (Å²) in [4.78, 5) is 0. The summed E-state index contributed by atoms with van der Waals surface area (Å²) >= 11 is 1.81. The van der Waals surface area contributed by atoms with Gasteiger partial charge in [-0.1, -0.05) is 0 Å². The average Bonchev–Trinajstić information content (AvgIpc) is 2.37. The van der Waals surface area contributed by atoms with Gasteiger partial charge >= 0.3 is 0 Å². The van der Waals surface area contributed by atoms with Gasteiger partial charge in [-0.25, -0.2) is 0 Å². The molecule has 11 heavy (non-hydrogen) atoms. The van der Waals surface area contributed by atoms with Crippen LogP contribution >= 0.6 is 11.3 Å². The van der Waals surface area contributed by atoms with Crippen LogP contribution in [-0.4, -0.2) is 13.1 Å². The van der Waals surface area contributed by atoms with Crippen LogP contribution in [0.5, 0.6) is 0 Å². The Hall–Kier alpha value is -0.340. The zero-order valence-corrected chi connectivity index (χ0v) is 7.53. The molecule has 2 rings (SSSR count). The largest absolute Gasteiger partial charge is 0.317 e. The molecule has 60 valence electrons. The van der Waals surface area contributed by atoms with Crippen LogP contribution in [0.15, 0.2) is 16.8 Å². The summed E-state index contributed by atoms with van der Waals surface area (Å²) in [6, 6.07) is 3.03. The summed E-state index contributed by atoms with van der Waals surface area (Å²) in [5.41, 5.74) is 1.54. The summed E-state index contributed by atoms with van der Waals surface area (Å²) in [7, 11) is 2.05. The molecular weight excluding hydrogens is 154 g/mol. The maximum Gasteiger partial charge on any atom is 0.00757 e. The van der Waals surface area contributed by atoms with Crippen LogP contribution in [-0.2, 0) is 0 Å². The van der Waals surface area contributed by atoms with Crippen LogP contribution < -0.4 is 5.32 Å². The molecule has 2 heteroatoms. The number of rotatable bonds is 2. The van der Waals surface area contributed by atoms with E-state index in [1.807, 2.05) is 0 Å².